The number of nitrogens with zero attached hydrogens (tertiary/aromatic N) is 4. The van der Waals surface area contributed by atoms with Gasteiger partial charge in [0.25, 0.3) is 0 Å². The second kappa shape index (κ2) is 3.34. The molecule has 14 heavy (non-hydrogen) atoms. The van der Waals surface area contributed by atoms with Gasteiger partial charge in [-0.3, -0.25) is 0 Å². The maximum atomic E-state index is 13.4. The fourth-order valence-corrected chi connectivity index (χ4v) is 1.18. The van der Waals surface area contributed by atoms with E-state index in [0.29, 0.717) is 5.69 Å². The van der Waals surface area contributed by atoms with Gasteiger partial charge in [-0.25, -0.2) is 9.37 Å². The predicted octanol–water partition coefficient (Wildman–Crippen LogP) is 1.47. The van der Waals surface area contributed by atoms with Crippen LogP contribution in [0.5, 0.6) is 0 Å². The van der Waals surface area contributed by atoms with Crippen LogP contribution in [-0.2, 0) is 7.05 Å². The molecule has 0 bridgehead atoms. The van der Waals surface area contributed by atoms with Crippen molar-refractivity contribution in [2.24, 2.45) is 7.05 Å². The summed E-state index contributed by atoms with van der Waals surface area (Å²) in [6.07, 6.45) is 3.97. The average molecular weight is 212 g/mol. The Morgan fingerprint density at radius 2 is 2.36 bits per heavy atom. The highest BCUT2D eigenvalue weighted by atomic mass is 35.5. The second-order valence-corrected chi connectivity index (χ2v) is 2.97. The van der Waals surface area contributed by atoms with Crippen LogP contribution in [0.3, 0.4) is 0 Å². The van der Waals surface area contributed by atoms with E-state index in [1.54, 1.807) is 7.05 Å². The summed E-state index contributed by atoms with van der Waals surface area (Å²) >= 11 is 5.52. The molecule has 0 saturated carbocycles. The molecule has 0 N–H and O–H groups in total. The third-order valence-electron chi connectivity index (χ3n) is 1.65. The van der Waals surface area contributed by atoms with Crippen LogP contribution in [0.2, 0.25) is 5.15 Å². The number of pyridine rings is 1. The van der Waals surface area contributed by atoms with Crippen LogP contribution in [-0.4, -0.2) is 20.0 Å². The van der Waals surface area contributed by atoms with Crippen LogP contribution in [0, 0.1) is 12.0 Å². The quantitative estimate of drug-likeness (QED) is 0.671. The molecule has 2 aromatic rings. The Labute approximate surface area is 84.3 Å². The summed E-state index contributed by atoms with van der Waals surface area (Å²) in [7, 11) is 1.63. The summed E-state index contributed by atoms with van der Waals surface area (Å²) < 4.78 is 13.4. The van der Waals surface area contributed by atoms with Crippen LogP contribution in [0.25, 0.3) is 11.3 Å². The number of rotatable bonds is 1. The molecule has 1 radical (unpaired) electrons. The monoisotopic (exact) mass is 211 g/mol. The minimum atomic E-state index is -0.606. The van der Waals surface area contributed by atoms with E-state index in [4.69, 9.17) is 11.6 Å². The topological polar surface area (TPSA) is 43.6 Å². The van der Waals surface area contributed by atoms with Crippen molar-refractivity contribution < 1.29 is 4.39 Å². The first-order valence-corrected chi connectivity index (χ1v) is 4.15. The first-order chi connectivity index (χ1) is 6.68. The third kappa shape index (κ3) is 1.46. The fraction of sp³-hybridized carbons (Fsp3) is 0.125. The Morgan fingerprint density at radius 1 is 1.57 bits per heavy atom. The normalized spacial score (nSPS) is 10.5. The number of aromatic nitrogens is 4. The standard InChI is InChI=1S/C8H5ClFN4/c1-14-12-4-6(13-14)5-2-3-11-8(9)7(5)10/h2-3H,1H3. The molecule has 0 saturated heterocycles. The van der Waals surface area contributed by atoms with Gasteiger partial charge in [-0.05, 0) is 6.07 Å². The van der Waals surface area contributed by atoms with Crippen molar-refractivity contribution in [3.05, 3.63) is 29.4 Å². The summed E-state index contributed by atoms with van der Waals surface area (Å²) in [5, 5.41) is 7.44. The van der Waals surface area contributed by atoms with Crippen molar-refractivity contribution in [1.82, 2.24) is 20.0 Å². The molecule has 0 aliphatic carbocycles. The lowest BCUT2D eigenvalue weighted by atomic mass is 10.2. The first-order valence-electron chi connectivity index (χ1n) is 3.78. The number of halogens is 2. The molecule has 4 nitrogen and oxygen atoms in total. The van der Waals surface area contributed by atoms with Gasteiger partial charge in [-0.15, -0.1) is 0 Å². The molecule has 0 fully saturated rings. The van der Waals surface area contributed by atoms with E-state index in [9.17, 15) is 4.39 Å². The molecule has 0 atom stereocenters. The van der Waals surface area contributed by atoms with Crippen LogP contribution in [0.4, 0.5) is 4.39 Å². The Balaban J connectivity index is 2.57. The van der Waals surface area contributed by atoms with Gasteiger partial charge in [-0.2, -0.15) is 15.0 Å². The van der Waals surface area contributed by atoms with E-state index in [-0.39, 0.29) is 10.7 Å². The Morgan fingerprint density at radius 3 is 3.00 bits per heavy atom. The molecule has 0 amide bonds. The van der Waals surface area contributed by atoms with Gasteiger partial charge in [0.15, 0.2) is 11.0 Å². The van der Waals surface area contributed by atoms with E-state index < -0.39 is 5.82 Å². The Bertz CT molecular complexity index is 468. The zero-order valence-corrected chi connectivity index (χ0v) is 7.96. The molecule has 6 heteroatoms. The molecule has 2 heterocycles. The molecule has 0 unspecified atom stereocenters. The summed E-state index contributed by atoms with van der Waals surface area (Å²) in [6.45, 7) is 0. The molecule has 0 aliphatic rings. The van der Waals surface area contributed by atoms with Crippen LogP contribution >= 0.6 is 11.6 Å². The fourth-order valence-electron chi connectivity index (χ4n) is 1.02. The SMILES string of the molecule is Cn1n[c]c(-c2ccnc(Cl)c2F)n1. The predicted molar refractivity (Wildman–Crippen MR) is 48.0 cm³/mol. The minimum absolute atomic E-state index is 0.179. The van der Waals surface area contributed by atoms with Crippen molar-refractivity contribution in [2.45, 2.75) is 0 Å². The molecule has 2 aromatic heterocycles. The lowest BCUT2D eigenvalue weighted by Gasteiger charge is -1.98. The smallest absolute Gasteiger partial charge is 0.169 e. The van der Waals surface area contributed by atoms with Gasteiger partial charge in [-0.1, -0.05) is 11.6 Å². The van der Waals surface area contributed by atoms with E-state index >= 15 is 0 Å². The maximum Gasteiger partial charge on any atom is 0.169 e. The zero-order valence-electron chi connectivity index (χ0n) is 7.20. The van der Waals surface area contributed by atoms with Crippen molar-refractivity contribution >= 4 is 11.6 Å². The van der Waals surface area contributed by atoms with Gasteiger partial charge >= 0.3 is 0 Å². The van der Waals surface area contributed by atoms with Gasteiger partial charge in [0.05, 0.1) is 0 Å². The summed E-state index contributed by atoms with van der Waals surface area (Å²) in [4.78, 5) is 4.89. The highest BCUT2D eigenvalue weighted by Gasteiger charge is 2.12. The average Bonchev–Trinajstić information content (AvgIpc) is 2.57. The van der Waals surface area contributed by atoms with Gasteiger partial charge in [0.1, 0.15) is 11.9 Å². The molecule has 0 spiro atoms. The van der Waals surface area contributed by atoms with Crippen LogP contribution in [0.1, 0.15) is 0 Å². The molecular weight excluding hydrogens is 207 g/mol. The van der Waals surface area contributed by atoms with Crippen molar-refractivity contribution in [3.63, 3.8) is 0 Å². The van der Waals surface area contributed by atoms with Crippen molar-refractivity contribution in [3.8, 4) is 11.3 Å². The van der Waals surface area contributed by atoms with Crippen molar-refractivity contribution in [1.29, 1.82) is 0 Å². The Hall–Kier alpha value is -1.49. The molecular formula is C8H5ClFN4. The second-order valence-electron chi connectivity index (χ2n) is 2.61. The summed E-state index contributed by atoms with van der Waals surface area (Å²) in [5.74, 6) is -0.606. The molecule has 2 rings (SSSR count). The zero-order chi connectivity index (χ0) is 10.1. The van der Waals surface area contributed by atoms with Gasteiger partial charge in [0.2, 0.25) is 0 Å². The van der Waals surface area contributed by atoms with Crippen molar-refractivity contribution in [2.75, 3.05) is 0 Å². The summed E-state index contributed by atoms with van der Waals surface area (Å²) in [5.41, 5.74) is 0.562. The van der Waals surface area contributed by atoms with Crippen LogP contribution < -0.4 is 0 Å². The highest BCUT2D eigenvalue weighted by molar-refractivity contribution is 6.29. The summed E-state index contributed by atoms with van der Waals surface area (Å²) in [6, 6.07) is 1.47. The first kappa shape index (κ1) is 9.08. The van der Waals surface area contributed by atoms with E-state index in [1.165, 1.54) is 17.1 Å². The maximum absolute atomic E-state index is 13.4. The highest BCUT2D eigenvalue weighted by Crippen LogP contribution is 2.23. The minimum Gasteiger partial charge on any atom is -0.242 e. The van der Waals surface area contributed by atoms with Crippen LogP contribution in [0.15, 0.2) is 12.3 Å². The van der Waals surface area contributed by atoms with Gasteiger partial charge in [0, 0.05) is 18.8 Å². The lowest BCUT2D eigenvalue weighted by molar-refractivity contribution is 0.622. The van der Waals surface area contributed by atoms with E-state index in [1.807, 2.05) is 0 Å². The number of aryl methyl sites for hydroxylation is 1. The van der Waals surface area contributed by atoms with E-state index in [2.05, 4.69) is 21.4 Å². The Kier molecular flexibility index (Phi) is 2.17. The third-order valence-corrected chi connectivity index (χ3v) is 1.91. The molecule has 0 aliphatic heterocycles. The number of hydrogen-bond donors (Lipinski definition) is 0. The lowest BCUT2D eigenvalue weighted by Crippen LogP contribution is -1.93. The van der Waals surface area contributed by atoms with E-state index in [0.717, 1.165) is 0 Å². The largest absolute Gasteiger partial charge is 0.242 e. The molecule has 0 aromatic carbocycles. The number of hydrogen-bond acceptors (Lipinski definition) is 3. The molecule has 71 valence electrons. The van der Waals surface area contributed by atoms with Gasteiger partial charge < -0.3 is 0 Å².